The number of anilines is 1. The first-order chi connectivity index (χ1) is 21.2. The Morgan fingerprint density at radius 1 is 1.04 bits per heavy atom. The van der Waals surface area contributed by atoms with Gasteiger partial charge in [0.2, 0.25) is 0 Å². The molecular formula is C33H38F2N2O8. The van der Waals surface area contributed by atoms with Crippen LogP contribution in [0.4, 0.5) is 19.3 Å². The van der Waals surface area contributed by atoms with Crippen molar-refractivity contribution in [1.82, 2.24) is 5.01 Å². The number of methoxy groups -OCH3 is 2. The van der Waals surface area contributed by atoms with Crippen molar-refractivity contribution in [3.05, 3.63) is 77.4 Å². The maximum atomic E-state index is 14.0. The van der Waals surface area contributed by atoms with Crippen molar-refractivity contribution in [2.75, 3.05) is 32.8 Å². The second-order valence-corrected chi connectivity index (χ2v) is 11.8. The molecule has 1 saturated heterocycles. The van der Waals surface area contributed by atoms with Crippen molar-refractivity contribution in [2.24, 2.45) is 0 Å². The molecule has 242 valence electrons. The van der Waals surface area contributed by atoms with Crippen LogP contribution in [0.1, 0.15) is 50.5 Å². The first kappa shape index (κ1) is 33.5. The van der Waals surface area contributed by atoms with Crippen molar-refractivity contribution in [3.63, 3.8) is 0 Å². The van der Waals surface area contributed by atoms with E-state index in [2.05, 4.69) is 5.43 Å². The summed E-state index contributed by atoms with van der Waals surface area (Å²) in [4.78, 5) is 26.1. The Morgan fingerprint density at radius 3 is 2.33 bits per heavy atom. The van der Waals surface area contributed by atoms with E-state index >= 15 is 0 Å². The van der Waals surface area contributed by atoms with Crippen LogP contribution in [0, 0.1) is 11.6 Å². The van der Waals surface area contributed by atoms with Gasteiger partial charge in [0.05, 0.1) is 38.6 Å². The maximum Gasteiger partial charge on any atom is 0.429 e. The number of ether oxygens (including phenoxy) is 6. The van der Waals surface area contributed by atoms with Gasteiger partial charge in [-0.2, -0.15) is 0 Å². The Balaban J connectivity index is 1.60. The molecule has 10 nitrogen and oxygen atoms in total. The number of nitrogens with one attached hydrogen (secondary N) is 1. The molecule has 0 radical (unpaired) electrons. The minimum Gasteiger partial charge on any atom is -0.496 e. The molecule has 1 amide bonds. The molecule has 0 saturated carbocycles. The van der Waals surface area contributed by atoms with Gasteiger partial charge in [-0.3, -0.25) is 5.43 Å². The van der Waals surface area contributed by atoms with Crippen LogP contribution in [0.15, 0.2) is 54.6 Å². The van der Waals surface area contributed by atoms with Gasteiger partial charge in [-0.25, -0.2) is 23.4 Å². The Labute approximate surface area is 261 Å². The number of halogens is 2. The smallest absolute Gasteiger partial charge is 0.429 e. The van der Waals surface area contributed by atoms with Gasteiger partial charge >= 0.3 is 12.1 Å². The molecule has 1 aliphatic heterocycles. The third-order valence-electron chi connectivity index (χ3n) is 6.67. The average Bonchev–Trinajstić information content (AvgIpc) is 3.33. The van der Waals surface area contributed by atoms with E-state index < -0.39 is 41.2 Å². The molecule has 3 aromatic carbocycles. The third-order valence-corrected chi connectivity index (χ3v) is 6.67. The topological polar surface area (TPSA) is 105 Å². The van der Waals surface area contributed by atoms with E-state index in [-0.39, 0.29) is 36.8 Å². The number of hydrogen-bond acceptors (Lipinski definition) is 9. The van der Waals surface area contributed by atoms with E-state index in [4.69, 9.17) is 28.4 Å². The minimum absolute atomic E-state index is 0.0146. The van der Waals surface area contributed by atoms with Gasteiger partial charge in [0.25, 0.3) is 0 Å². The van der Waals surface area contributed by atoms with Gasteiger partial charge < -0.3 is 28.4 Å². The van der Waals surface area contributed by atoms with E-state index in [0.29, 0.717) is 22.4 Å². The number of carbonyl (C=O) groups is 2. The van der Waals surface area contributed by atoms with Crippen LogP contribution < -0.4 is 14.9 Å². The van der Waals surface area contributed by atoms with Gasteiger partial charge in [-0.05, 0) is 64.4 Å². The molecule has 12 heteroatoms. The van der Waals surface area contributed by atoms with E-state index in [1.54, 1.807) is 77.1 Å². The van der Waals surface area contributed by atoms with E-state index in [1.807, 2.05) is 0 Å². The lowest BCUT2D eigenvalue weighted by Gasteiger charge is -2.31. The predicted octanol–water partition coefficient (Wildman–Crippen LogP) is 6.72. The quantitative estimate of drug-likeness (QED) is 0.194. The van der Waals surface area contributed by atoms with Crippen LogP contribution in [-0.4, -0.2) is 61.9 Å². The second kappa shape index (κ2) is 13.7. The second-order valence-electron chi connectivity index (χ2n) is 11.8. The molecule has 1 atom stereocenters. The molecule has 0 bridgehead atoms. The predicted molar refractivity (Wildman–Crippen MR) is 162 cm³/mol. The summed E-state index contributed by atoms with van der Waals surface area (Å²) in [6, 6.07) is 13.7. The van der Waals surface area contributed by atoms with Crippen LogP contribution in [0.2, 0.25) is 0 Å². The van der Waals surface area contributed by atoms with Crippen molar-refractivity contribution in [3.8, 4) is 22.6 Å². The maximum absolute atomic E-state index is 14.0. The van der Waals surface area contributed by atoms with Crippen LogP contribution in [0.3, 0.4) is 0 Å². The van der Waals surface area contributed by atoms with Gasteiger partial charge in [-0.1, -0.05) is 24.3 Å². The number of benzene rings is 3. The fraction of sp³-hybridized carbons (Fsp3) is 0.394. The summed E-state index contributed by atoms with van der Waals surface area (Å²) < 4.78 is 61.1. The summed E-state index contributed by atoms with van der Waals surface area (Å²) in [6.07, 6.45) is -1.16. The normalized spacial score (nSPS) is 15.7. The Bertz CT molecular complexity index is 1520. The molecule has 0 spiro atoms. The van der Waals surface area contributed by atoms with Gasteiger partial charge in [0.15, 0.2) is 17.4 Å². The highest BCUT2D eigenvalue weighted by molar-refractivity contribution is 5.96. The average molecular weight is 629 g/mol. The van der Waals surface area contributed by atoms with Crippen LogP contribution in [0.25, 0.3) is 11.1 Å². The van der Waals surface area contributed by atoms with Crippen molar-refractivity contribution < 1.29 is 46.8 Å². The SMILES string of the molecule is COC(=O)c1cccc(COc2ccc(-c3cc(F)c(F)cc3OC)cc2)c1NN(C[C@@H]1COC(C)(C)O1)C(=O)OC(C)(C)C. The van der Waals surface area contributed by atoms with Gasteiger partial charge in [0, 0.05) is 17.2 Å². The van der Waals surface area contributed by atoms with Gasteiger partial charge in [-0.15, -0.1) is 0 Å². The minimum atomic E-state index is -1.01. The Morgan fingerprint density at radius 2 is 1.73 bits per heavy atom. The van der Waals surface area contributed by atoms with Crippen molar-refractivity contribution in [1.29, 1.82) is 0 Å². The summed E-state index contributed by atoms with van der Waals surface area (Å²) in [5.41, 5.74) is 4.19. The first-order valence-electron chi connectivity index (χ1n) is 14.2. The number of rotatable bonds is 10. The number of para-hydroxylation sites is 1. The molecule has 1 heterocycles. The Kier molecular flexibility index (Phi) is 10.2. The lowest BCUT2D eigenvalue weighted by molar-refractivity contribution is -0.139. The molecular weight excluding hydrogens is 590 g/mol. The number of esters is 1. The fourth-order valence-corrected chi connectivity index (χ4v) is 4.62. The summed E-state index contributed by atoms with van der Waals surface area (Å²) in [5, 5.41) is 1.23. The highest BCUT2D eigenvalue weighted by atomic mass is 19.2. The number of nitrogens with zero attached hydrogens (tertiary/aromatic N) is 1. The van der Waals surface area contributed by atoms with Crippen molar-refractivity contribution >= 4 is 17.7 Å². The van der Waals surface area contributed by atoms with Crippen LogP contribution in [-0.2, 0) is 25.6 Å². The summed E-state index contributed by atoms with van der Waals surface area (Å²) in [7, 11) is 2.64. The van der Waals surface area contributed by atoms with Crippen LogP contribution in [0.5, 0.6) is 11.5 Å². The zero-order valence-electron chi connectivity index (χ0n) is 26.4. The fourth-order valence-electron chi connectivity index (χ4n) is 4.62. The zero-order chi connectivity index (χ0) is 32.9. The zero-order valence-corrected chi connectivity index (χ0v) is 26.4. The van der Waals surface area contributed by atoms with Crippen LogP contribution >= 0.6 is 0 Å². The molecule has 45 heavy (non-hydrogen) atoms. The molecule has 4 rings (SSSR count). The summed E-state index contributed by atoms with van der Waals surface area (Å²) in [6.45, 7) is 9.07. The number of carbonyl (C=O) groups excluding carboxylic acids is 2. The highest BCUT2D eigenvalue weighted by Gasteiger charge is 2.36. The summed E-state index contributed by atoms with van der Waals surface area (Å²) >= 11 is 0. The number of hydrazine groups is 1. The number of hydrogen-bond donors (Lipinski definition) is 1. The van der Waals surface area contributed by atoms with Gasteiger partial charge in [0.1, 0.15) is 29.8 Å². The standard InChI is InChI=1S/C33H38F2N2O8/c1-32(2,3)45-31(39)37(17-23-19-43-33(4,5)44-23)36-29-21(9-8-10-24(29)30(38)41-7)18-42-22-13-11-20(12-14-22)25-15-26(34)27(35)16-28(25)40-6/h8-16,23,36H,17-19H2,1-7H3/t23-/m1/s1. The monoisotopic (exact) mass is 628 g/mol. The lowest BCUT2D eigenvalue weighted by atomic mass is 10.0. The number of amides is 1. The molecule has 1 aliphatic rings. The lowest BCUT2D eigenvalue weighted by Crippen LogP contribution is -2.45. The third kappa shape index (κ3) is 8.61. The molecule has 3 aromatic rings. The molecule has 1 N–H and O–H groups in total. The van der Waals surface area contributed by atoms with Crippen molar-refractivity contribution in [2.45, 2.75) is 58.7 Å². The molecule has 0 unspecified atom stereocenters. The van der Waals surface area contributed by atoms with E-state index in [1.165, 1.54) is 19.2 Å². The Hall–Kier alpha value is -4.42. The first-order valence-corrected chi connectivity index (χ1v) is 14.2. The summed E-state index contributed by atoms with van der Waals surface area (Å²) in [5.74, 6) is -2.81. The largest absolute Gasteiger partial charge is 0.496 e. The van der Waals surface area contributed by atoms with E-state index in [9.17, 15) is 18.4 Å². The highest BCUT2D eigenvalue weighted by Crippen LogP contribution is 2.34. The molecule has 0 aliphatic carbocycles. The molecule has 0 aromatic heterocycles. The molecule has 1 fully saturated rings. The van der Waals surface area contributed by atoms with E-state index in [0.717, 1.165) is 12.1 Å².